The van der Waals surface area contributed by atoms with Crippen LogP contribution in [0.3, 0.4) is 0 Å². The zero-order chi connectivity index (χ0) is 19.5. The number of rotatable bonds is 3. The van der Waals surface area contributed by atoms with Gasteiger partial charge in [-0.15, -0.1) is 0 Å². The Morgan fingerprint density at radius 2 is 1.75 bits per heavy atom. The molecule has 0 aromatic carbocycles. The van der Waals surface area contributed by atoms with E-state index >= 15 is 0 Å². The lowest BCUT2D eigenvalue weighted by molar-refractivity contribution is -0.139. The maximum atomic E-state index is 13.0. The molecule has 3 aliphatic rings. The van der Waals surface area contributed by atoms with Crippen molar-refractivity contribution in [2.24, 2.45) is 5.92 Å². The molecule has 1 aromatic rings. The van der Waals surface area contributed by atoms with Crippen LogP contribution in [0.5, 0.6) is 0 Å². The fourth-order valence-electron chi connectivity index (χ4n) is 4.74. The van der Waals surface area contributed by atoms with Crippen LogP contribution < -0.4 is 0 Å². The normalized spacial score (nSPS) is 25.8. The minimum absolute atomic E-state index is 0.0473. The van der Waals surface area contributed by atoms with E-state index < -0.39 is 0 Å². The summed E-state index contributed by atoms with van der Waals surface area (Å²) in [5.74, 6) is 0.428. The van der Waals surface area contributed by atoms with Crippen LogP contribution in [0, 0.1) is 5.92 Å². The topological polar surface area (TPSA) is 73.1 Å². The zero-order valence-corrected chi connectivity index (χ0v) is 16.8. The number of hydrogen-bond donors (Lipinski definition) is 0. The second kappa shape index (κ2) is 8.61. The van der Waals surface area contributed by atoms with E-state index in [1.807, 2.05) is 4.90 Å². The van der Waals surface area contributed by atoms with Crippen molar-refractivity contribution in [1.29, 1.82) is 0 Å². The molecule has 4 heterocycles. The van der Waals surface area contributed by atoms with Crippen LogP contribution in [0.1, 0.15) is 36.2 Å². The molecule has 28 heavy (non-hydrogen) atoms. The maximum absolute atomic E-state index is 13.0. The number of nitrogens with zero attached hydrogens (tertiary/aromatic N) is 5. The summed E-state index contributed by atoms with van der Waals surface area (Å²) in [6.45, 7) is 7.07. The first-order valence-corrected chi connectivity index (χ1v) is 10.5. The van der Waals surface area contributed by atoms with E-state index in [0.29, 0.717) is 17.6 Å². The molecule has 0 N–H and O–H groups in total. The first-order valence-electron chi connectivity index (χ1n) is 10.5. The molecular formula is C20H31N5O3. The summed E-state index contributed by atoms with van der Waals surface area (Å²) in [5.41, 5.74) is 0.384. The molecule has 3 saturated heterocycles. The monoisotopic (exact) mass is 389 g/mol. The van der Waals surface area contributed by atoms with Crippen molar-refractivity contribution in [2.45, 2.75) is 31.7 Å². The van der Waals surface area contributed by atoms with Crippen molar-refractivity contribution in [2.75, 3.05) is 59.4 Å². The van der Waals surface area contributed by atoms with Gasteiger partial charge in [-0.05, 0) is 39.3 Å². The molecule has 3 aliphatic heterocycles. The van der Waals surface area contributed by atoms with E-state index in [4.69, 9.17) is 4.52 Å². The van der Waals surface area contributed by atoms with Gasteiger partial charge < -0.3 is 19.2 Å². The number of hydrogen-bond acceptors (Lipinski definition) is 6. The lowest BCUT2D eigenvalue weighted by Crippen LogP contribution is -2.54. The number of carbonyl (C=O) groups is 2. The van der Waals surface area contributed by atoms with Crippen LogP contribution in [-0.2, 0) is 4.79 Å². The van der Waals surface area contributed by atoms with Gasteiger partial charge in [0.15, 0.2) is 5.69 Å². The number of aromatic nitrogens is 1. The number of piperidine rings is 2. The van der Waals surface area contributed by atoms with E-state index in [1.54, 1.807) is 6.07 Å². The Morgan fingerprint density at radius 3 is 2.43 bits per heavy atom. The van der Waals surface area contributed by atoms with Gasteiger partial charge in [-0.25, -0.2) is 0 Å². The zero-order valence-electron chi connectivity index (χ0n) is 16.8. The molecule has 4 rings (SSSR count). The van der Waals surface area contributed by atoms with Crippen molar-refractivity contribution in [3.63, 3.8) is 0 Å². The fraction of sp³-hybridized carbons (Fsp3) is 0.750. The number of likely N-dealkylation sites (tertiary alicyclic amines) is 2. The summed E-state index contributed by atoms with van der Waals surface area (Å²) >= 11 is 0. The Balaban J connectivity index is 1.28. The molecular weight excluding hydrogens is 358 g/mol. The Labute approximate surface area is 166 Å². The first-order chi connectivity index (χ1) is 13.6. The maximum Gasteiger partial charge on any atom is 0.276 e. The number of likely N-dealkylation sites (N-methyl/N-ethyl adjacent to an activating group) is 1. The summed E-state index contributed by atoms with van der Waals surface area (Å²) in [6, 6.07) is 2.08. The average Bonchev–Trinajstić information content (AvgIpc) is 3.28. The van der Waals surface area contributed by atoms with Gasteiger partial charge in [-0.1, -0.05) is 5.16 Å². The Morgan fingerprint density at radius 1 is 1.00 bits per heavy atom. The van der Waals surface area contributed by atoms with Crippen LogP contribution in [0.4, 0.5) is 0 Å². The molecule has 0 spiro atoms. The third-order valence-corrected chi connectivity index (χ3v) is 6.54. The molecule has 0 bridgehead atoms. The third-order valence-electron chi connectivity index (χ3n) is 6.54. The molecule has 1 atom stereocenters. The summed E-state index contributed by atoms with van der Waals surface area (Å²) in [4.78, 5) is 34.1. The standard InChI is InChI=1S/C20H31N5O3/c1-22-10-12-24(13-11-22)19(26)16-3-2-7-25(15-16)17-4-8-23(9-5-17)20(27)18-6-14-28-21-18/h6,14,16-17H,2-5,7-13,15H2,1H3/t16-/m0/s1. The molecule has 1 aromatic heterocycles. The van der Waals surface area contributed by atoms with Crippen molar-refractivity contribution in [3.8, 4) is 0 Å². The molecule has 8 heteroatoms. The highest BCUT2D eigenvalue weighted by Gasteiger charge is 2.35. The van der Waals surface area contributed by atoms with Gasteiger partial charge in [0.25, 0.3) is 5.91 Å². The number of carbonyl (C=O) groups excluding carboxylic acids is 2. The van der Waals surface area contributed by atoms with Gasteiger partial charge in [0.1, 0.15) is 6.26 Å². The van der Waals surface area contributed by atoms with E-state index in [1.165, 1.54) is 6.26 Å². The van der Waals surface area contributed by atoms with E-state index in [2.05, 4.69) is 26.9 Å². The van der Waals surface area contributed by atoms with Crippen LogP contribution in [0.2, 0.25) is 0 Å². The Hall–Kier alpha value is -1.93. The molecule has 3 fully saturated rings. The van der Waals surface area contributed by atoms with Crippen LogP contribution >= 0.6 is 0 Å². The third kappa shape index (κ3) is 4.22. The Kier molecular flexibility index (Phi) is 5.96. The van der Waals surface area contributed by atoms with E-state index in [9.17, 15) is 9.59 Å². The van der Waals surface area contributed by atoms with Gasteiger partial charge >= 0.3 is 0 Å². The predicted octanol–water partition coefficient (Wildman–Crippen LogP) is 0.765. The van der Waals surface area contributed by atoms with Gasteiger partial charge in [0.05, 0.1) is 5.92 Å². The molecule has 0 unspecified atom stereocenters. The van der Waals surface area contributed by atoms with E-state index in [0.717, 1.165) is 78.0 Å². The largest absolute Gasteiger partial charge is 0.364 e. The van der Waals surface area contributed by atoms with Crippen LogP contribution in [0.25, 0.3) is 0 Å². The van der Waals surface area contributed by atoms with Gasteiger partial charge in [0, 0.05) is 57.9 Å². The fourth-order valence-corrected chi connectivity index (χ4v) is 4.74. The second-order valence-corrected chi connectivity index (χ2v) is 8.37. The average molecular weight is 390 g/mol. The second-order valence-electron chi connectivity index (χ2n) is 8.37. The minimum Gasteiger partial charge on any atom is -0.364 e. The summed E-state index contributed by atoms with van der Waals surface area (Å²) in [6.07, 6.45) is 5.44. The van der Waals surface area contributed by atoms with Crippen molar-refractivity contribution < 1.29 is 14.1 Å². The highest BCUT2D eigenvalue weighted by atomic mass is 16.5. The van der Waals surface area contributed by atoms with Crippen LogP contribution in [0.15, 0.2) is 16.9 Å². The lowest BCUT2D eigenvalue weighted by atomic mass is 9.92. The van der Waals surface area contributed by atoms with Gasteiger partial charge in [-0.2, -0.15) is 0 Å². The highest BCUT2D eigenvalue weighted by Crippen LogP contribution is 2.26. The first kappa shape index (κ1) is 19.4. The minimum atomic E-state index is -0.0473. The molecule has 8 nitrogen and oxygen atoms in total. The lowest BCUT2D eigenvalue weighted by Gasteiger charge is -2.43. The predicted molar refractivity (Wildman–Crippen MR) is 104 cm³/mol. The van der Waals surface area contributed by atoms with Crippen molar-refractivity contribution in [1.82, 2.24) is 24.8 Å². The van der Waals surface area contributed by atoms with Crippen LogP contribution in [-0.4, -0.2) is 102 Å². The molecule has 0 saturated carbocycles. The summed E-state index contributed by atoms with van der Waals surface area (Å²) in [7, 11) is 2.11. The van der Waals surface area contributed by atoms with Crippen molar-refractivity contribution in [3.05, 3.63) is 18.0 Å². The van der Waals surface area contributed by atoms with Gasteiger partial charge in [-0.3, -0.25) is 14.5 Å². The van der Waals surface area contributed by atoms with Gasteiger partial charge in [0.2, 0.25) is 5.91 Å². The molecule has 154 valence electrons. The molecule has 0 aliphatic carbocycles. The SMILES string of the molecule is CN1CCN(C(=O)[C@H]2CCCN(C3CCN(C(=O)c4ccon4)CC3)C2)CC1. The smallest absolute Gasteiger partial charge is 0.276 e. The summed E-state index contributed by atoms with van der Waals surface area (Å²) < 4.78 is 4.79. The Bertz CT molecular complexity index is 663. The number of piperazine rings is 1. The quantitative estimate of drug-likeness (QED) is 0.760. The molecule has 2 amide bonds. The van der Waals surface area contributed by atoms with E-state index in [-0.39, 0.29) is 11.8 Å². The summed E-state index contributed by atoms with van der Waals surface area (Å²) in [5, 5.41) is 3.76. The van der Waals surface area contributed by atoms with Crippen molar-refractivity contribution >= 4 is 11.8 Å². The molecule has 0 radical (unpaired) electrons. The highest BCUT2D eigenvalue weighted by molar-refractivity contribution is 5.92. The number of amides is 2.